The van der Waals surface area contributed by atoms with E-state index >= 15 is 0 Å². The van der Waals surface area contributed by atoms with Gasteiger partial charge in [0.05, 0.1) is 0 Å². The molecule has 0 bridgehead atoms. The van der Waals surface area contributed by atoms with Gasteiger partial charge in [0.1, 0.15) is 35.8 Å². The largest absolute Gasteiger partial charge is 0.489 e. The number of hydrogen-bond donors (Lipinski definition) is 0. The number of ether oxygens (including phenoxy) is 6. The fourth-order valence-corrected chi connectivity index (χ4v) is 4.00. The predicted octanol–water partition coefficient (Wildman–Crippen LogP) is 2.03. The molecule has 4 aliphatic rings. The summed E-state index contributed by atoms with van der Waals surface area (Å²) in [4.78, 5) is 12.1. The van der Waals surface area contributed by atoms with Gasteiger partial charge in [-0.3, -0.25) is 4.79 Å². The molecule has 5 atom stereocenters. The molecular weight excluding hydrogens is 328 g/mol. The van der Waals surface area contributed by atoms with Gasteiger partial charge >= 0.3 is 0 Å². The topological polar surface area (TPSA) is 72.5 Å². The molecule has 0 aromatic heterocycles. The third kappa shape index (κ3) is 3.13. The maximum atomic E-state index is 12.1. The summed E-state index contributed by atoms with van der Waals surface area (Å²) in [5.41, 5.74) is -0.585. The Hall–Kier alpha value is -0.990. The molecular formula is C18H26O7. The Morgan fingerprint density at radius 2 is 1.48 bits per heavy atom. The van der Waals surface area contributed by atoms with Gasteiger partial charge in [-0.05, 0) is 41.5 Å². The number of rotatable bonds is 1. The van der Waals surface area contributed by atoms with Crippen molar-refractivity contribution in [2.75, 3.05) is 0 Å². The van der Waals surface area contributed by atoms with Gasteiger partial charge in [-0.25, -0.2) is 0 Å². The molecule has 0 radical (unpaired) electrons. The second kappa shape index (κ2) is 5.27. The molecule has 4 rings (SSSR count). The minimum absolute atomic E-state index is 0.00983. The zero-order chi connectivity index (χ0) is 18.2. The average molecular weight is 354 g/mol. The Morgan fingerprint density at radius 3 is 2.16 bits per heavy atom. The van der Waals surface area contributed by atoms with Gasteiger partial charge < -0.3 is 28.4 Å². The van der Waals surface area contributed by atoms with E-state index in [0.717, 1.165) is 0 Å². The van der Waals surface area contributed by atoms with E-state index in [0.29, 0.717) is 12.2 Å². The van der Waals surface area contributed by atoms with Crippen molar-refractivity contribution < 1.29 is 33.2 Å². The number of carbonyl (C=O) groups is 1. The van der Waals surface area contributed by atoms with Gasteiger partial charge in [0.25, 0.3) is 0 Å². The standard InChI is InChI=1S/C18H26O7/c1-16(2)8-9(19)7-10(21-16)11-12-13(23-17(3,4)22-12)14-15(20-11)25-18(5,6)24-14/h7,11-15H,8H2,1-6H3/t11-,12+,13+,14-,15-/m1/s1. The molecule has 3 fully saturated rings. The van der Waals surface area contributed by atoms with E-state index in [1.54, 1.807) is 0 Å². The van der Waals surface area contributed by atoms with Gasteiger partial charge in [-0.1, -0.05) is 0 Å². The highest BCUT2D eigenvalue weighted by molar-refractivity contribution is 5.91. The quantitative estimate of drug-likeness (QED) is 0.713. The van der Waals surface area contributed by atoms with E-state index in [2.05, 4.69) is 0 Å². The molecule has 7 nitrogen and oxygen atoms in total. The summed E-state index contributed by atoms with van der Waals surface area (Å²) < 4.78 is 36.2. The van der Waals surface area contributed by atoms with Crippen molar-refractivity contribution in [3.05, 3.63) is 11.8 Å². The fourth-order valence-electron chi connectivity index (χ4n) is 4.00. The van der Waals surface area contributed by atoms with Crippen LogP contribution in [0.2, 0.25) is 0 Å². The van der Waals surface area contributed by atoms with Crippen LogP contribution in [-0.4, -0.2) is 53.7 Å². The van der Waals surface area contributed by atoms with E-state index in [9.17, 15) is 4.79 Å². The third-order valence-electron chi connectivity index (χ3n) is 4.73. The van der Waals surface area contributed by atoms with Crippen molar-refractivity contribution in [2.24, 2.45) is 0 Å². The summed E-state index contributed by atoms with van der Waals surface area (Å²) in [5.74, 6) is -1.08. The fraction of sp³-hybridized carbons (Fsp3) is 0.833. The van der Waals surface area contributed by atoms with E-state index in [-0.39, 0.29) is 11.9 Å². The Morgan fingerprint density at radius 1 is 0.880 bits per heavy atom. The zero-order valence-electron chi connectivity index (χ0n) is 15.5. The van der Waals surface area contributed by atoms with Crippen LogP contribution in [0.3, 0.4) is 0 Å². The molecule has 7 heteroatoms. The first kappa shape index (κ1) is 17.4. The van der Waals surface area contributed by atoms with Crippen LogP contribution in [0.4, 0.5) is 0 Å². The van der Waals surface area contributed by atoms with Crippen LogP contribution < -0.4 is 0 Å². The van der Waals surface area contributed by atoms with Gasteiger partial charge in [-0.2, -0.15) is 0 Å². The lowest BCUT2D eigenvalue weighted by molar-refractivity contribution is -0.235. The molecule has 3 saturated heterocycles. The van der Waals surface area contributed by atoms with Crippen LogP contribution in [0.15, 0.2) is 11.8 Å². The minimum Gasteiger partial charge on any atom is -0.489 e. The smallest absolute Gasteiger partial charge is 0.190 e. The molecule has 25 heavy (non-hydrogen) atoms. The number of fused-ring (bicyclic) bond motifs is 3. The summed E-state index contributed by atoms with van der Waals surface area (Å²) in [6, 6.07) is 0. The number of hydrogen-bond acceptors (Lipinski definition) is 7. The highest BCUT2D eigenvalue weighted by Gasteiger charge is 2.62. The molecule has 0 N–H and O–H groups in total. The first-order valence-electron chi connectivity index (χ1n) is 8.75. The predicted molar refractivity (Wildman–Crippen MR) is 85.4 cm³/mol. The van der Waals surface area contributed by atoms with E-state index < -0.39 is 41.8 Å². The molecule has 0 amide bonds. The van der Waals surface area contributed by atoms with Gasteiger partial charge in [0.2, 0.25) is 0 Å². The lowest BCUT2D eigenvalue weighted by Crippen LogP contribution is -2.56. The molecule has 0 aliphatic carbocycles. The highest BCUT2D eigenvalue weighted by atomic mass is 16.9. The van der Waals surface area contributed by atoms with Crippen molar-refractivity contribution in [1.82, 2.24) is 0 Å². The summed E-state index contributed by atoms with van der Waals surface area (Å²) in [7, 11) is 0. The van der Waals surface area contributed by atoms with Gasteiger partial charge in [0, 0.05) is 12.5 Å². The Balaban J connectivity index is 1.68. The Kier molecular flexibility index (Phi) is 3.67. The maximum Gasteiger partial charge on any atom is 0.190 e. The van der Waals surface area contributed by atoms with Crippen LogP contribution in [-0.2, 0) is 33.2 Å². The monoisotopic (exact) mass is 354 g/mol. The molecule has 0 unspecified atom stereocenters. The Bertz CT molecular complexity index is 621. The second-order valence-electron chi connectivity index (χ2n) is 8.64. The van der Waals surface area contributed by atoms with Crippen molar-refractivity contribution in [1.29, 1.82) is 0 Å². The van der Waals surface area contributed by atoms with Crippen molar-refractivity contribution >= 4 is 5.78 Å². The molecule has 0 aromatic carbocycles. The third-order valence-corrected chi connectivity index (χ3v) is 4.73. The van der Waals surface area contributed by atoms with Crippen molar-refractivity contribution in [2.45, 2.75) is 95.8 Å². The van der Waals surface area contributed by atoms with Crippen LogP contribution >= 0.6 is 0 Å². The Labute approximate surface area is 147 Å². The minimum atomic E-state index is -0.781. The van der Waals surface area contributed by atoms with Crippen LogP contribution in [0.1, 0.15) is 48.0 Å². The van der Waals surface area contributed by atoms with E-state index in [4.69, 9.17) is 28.4 Å². The summed E-state index contributed by atoms with van der Waals surface area (Å²) in [5, 5.41) is 0. The van der Waals surface area contributed by atoms with E-state index in [1.807, 2.05) is 41.5 Å². The number of allylic oxidation sites excluding steroid dienone is 1. The summed E-state index contributed by atoms with van der Waals surface area (Å²) >= 11 is 0. The highest BCUT2D eigenvalue weighted by Crippen LogP contribution is 2.46. The molecule has 140 valence electrons. The first-order valence-corrected chi connectivity index (χ1v) is 8.75. The summed E-state index contributed by atoms with van der Waals surface area (Å²) in [6.45, 7) is 11.1. The zero-order valence-corrected chi connectivity index (χ0v) is 15.5. The van der Waals surface area contributed by atoms with Crippen LogP contribution in [0, 0.1) is 0 Å². The molecule has 0 spiro atoms. The maximum absolute atomic E-state index is 12.1. The second-order valence-corrected chi connectivity index (χ2v) is 8.64. The van der Waals surface area contributed by atoms with Gasteiger partial charge in [0.15, 0.2) is 23.6 Å². The van der Waals surface area contributed by atoms with Crippen LogP contribution in [0.5, 0.6) is 0 Å². The molecule has 4 heterocycles. The van der Waals surface area contributed by atoms with Gasteiger partial charge in [-0.15, -0.1) is 0 Å². The molecule has 0 aromatic rings. The van der Waals surface area contributed by atoms with Crippen molar-refractivity contribution in [3.63, 3.8) is 0 Å². The summed E-state index contributed by atoms with van der Waals surface area (Å²) in [6.07, 6.45) is -0.572. The first-order chi connectivity index (χ1) is 11.4. The van der Waals surface area contributed by atoms with Crippen molar-refractivity contribution in [3.8, 4) is 0 Å². The average Bonchev–Trinajstić information content (AvgIpc) is 2.89. The number of ketones is 1. The lowest BCUT2D eigenvalue weighted by atomic mass is 9.93. The SMILES string of the molecule is CC1(C)CC(=O)C=C([C@H]2O[C@@H]3OC(C)(C)O[C@@H]3[C@H]3OC(C)(C)O[C@H]32)O1. The van der Waals surface area contributed by atoms with E-state index in [1.165, 1.54) is 6.08 Å². The normalized spacial score (nSPS) is 43.8. The molecule has 4 aliphatic heterocycles. The lowest BCUT2D eigenvalue weighted by Gasteiger charge is -2.41. The number of carbonyl (C=O) groups excluding carboxylic acids is 1. The van der Waals surface area contributed by atoms with Crippen LogP contribution in [0.25, 0.3) is 0 Å². The molecule has 0 saturated carbocycles.